The monoisotopic (exact) mass is 373 g/mol. The zero-order valence-corrected chi connectivity index (χ0v) is 16.0. The van der Waals surface area contributed by atoms with Crippen molar-refractivity contribution < 1.29 is 14.3 Å². The topological polar surface area (TPSA) is 70.7 Å². The van der Waals surface area contributed by atoms with E-state index in [0.717, 1.165) is 64.1 Å². The van der Waals surface area contributed by atoms with Crippen LogP contribution in [0.15, 0.2) is 30.3 Å². The molecule has 2 N–H and O–H groups in total. The predicted octanol–water partition coefficient (Wildman–Crippen LogP) is 1.56. The lowest BCUT2D eigenvalue weighted by atomic mass is 9.81. The zero-order valence-electron chi connectivity index (χ0n) is 16.0. The van der Waals surface area contributed by atoms with Crippen LogP contribution in [0.2, 0.25) is 0 Å². The summed E-state index contributed by atoms with van der Waals surface area (Å²) in [6, 6.07) is 9.95. The number of morpholine rings is 1. The van der Waals surface area contributed by atoms with Gasteiger partial charge in [0.1, 0.15) is 0 Å². The first kappa shape index (κ1) is 19.8. The van der Waals surface area contributed by atoms with Crippen LogP contribution >= 0.6 is 0 Å². The van der Waals surface area contributed by atoms with E-state index in [1.165, 1.54) is 0 Å². The Hall–Kier alpha value is -1.92. The molecule has 1 aromatic rings. The van der Waals surface area contributed by atoms with Crippen LogP contribution in [0.25, 0.3) is 0 Å². The van der Waals surface area contributed by atoms with Crippen molar-refractivity contribution in [1.82, 2.24) is 15.5 Å². The van der Waals surface area contributed by atoms with E-state index in [1.807, 2.05) is 30.3 Å². The number of hydrogen-bond donors (Lipinski definition) is 2. The van der Waals surface area contributed by atoms with Crippen molar-refractivity contribution in [3.8, 4) is 0 Å². The second-order valence-corrected chi connectivity index (χ2v) is 7.50. The Bertz CT molecular complexity index is 594. The number of nitrogens with zero attached hydrogens (tertiary/aromatic N) is 1. The van der Waals surface area contributed by atoms with Crippen molar-refractivity contribution in [2.75, 3.05) is 39.4 Å². The summed E-state index contributed by atoms with van der Waals surface area (Å²) < 4.78 is 5.33. The Morgan fingerprint density at radius 2 is 1.52 bits per heavy atom. The number of nitrogens with one attached hydrogen (secondary N) is 2. The molecule has 3 rings (SSSR count). The van der Waals surface area contributed by atoms with Gasteiger partial charge in [0.2, 0.25) is 11.8 Å². The number of benzene rings is 1. The smallest absolute Gasteiger partial charge is 0.223 e. The van der Waals surface area contributed by atoms with E-state index in [-0.39, 0.29) is 23.7 Å². The maximum atomic E-state index is 12.4. The van der Waals surface area contributed by atoms with Gasteiger partial charge in [0.25, 0.3) is 0 Å². The van der Waals surface area contributed by atoms with Crippen molar-refractivity contribution in [3.63, 3.8) is 0 Å². The molecule has 1 saturated heterocycles. The molecule has 1 aromatic carbocycles. The van der Waals surface area contributed by atoms with Crippen LogP contribution in [0.3, 0.4) is 0 Å². The van der Waals surface area contributed by atoms with Crippen LogP contribution < -0.4 is 10.6 Å². The lowest BCUT2D eigenvalue weighted by Gasteiger charge is -2.28. The van der Waals surface area contributed by atoms with Crippen LogP contribution in [0.5, 0.6) is 0 Å². The van der Waals surface area contributed by atoms with Gasteiger partial charge in [-0.3, -0.25) is 14.5 Å². The van der Waals surface area contributed by atoms with Crippen LogP contribution in [0.1, 0.15) is 31.2 Å². The first-order valence-electron chi connectivity index (χ1n) is 10.1. The van der Waals surface area contributed by atoms with Crippen molar-refractivity contribution in [1.29, 1.82) is 0 Å². The first-order valence-corrected chi connectivity index (χ1v) is 10.1. The highest BCUT2D eigenvalue weighted by Gasteiger charge is 2.29. The van der Waals surface area contributed by atoms with Gasteiger partial charge in [-0.25, -0.2) is 0 Å². The highest BCUT2D eigenvalue weighted by molar-refractivity contribution is 5.81. The van der Waals surface area contributed by atoms with Crippen LogP contribution in [-0.2, 0) is 20.9 Å². The fourth-order valence-electron chi connectivity index (χ4n) is 3.85. The molecule has 148 valence electrons. The first-order chi connectivity index (χ1) is 13.2. The molecule has 2 fully saturated rings. The number of hydrogen-bond acceptors (Lipinski definition) is 4. The van der Waals surface area contributed by atoms with Crippen LogP contribution in [0, 0.1) is 11.8 Å². The summed E-state index contributed by atoms with van der Waals surface area (Å²) in [6.07, 6.45) is 3.18. The van der Waals surface area contributed by atoms with Crippen LogP contribution in [-0.4, -0.2) is 56.1 Å². The summed E-state index contributed by atoms with van der Waals surface area (Å²) in [5.74, 6) is 0.343. The molecule has 0 radical (unpaired) electrons. The molecule has 0 bridgehead atoms. The molecule has 1 saturated carbocycles. The average molecular weight is 373 g/mol. The minimum Gasteiger partial charge on any atom is -0.379 e. The molecular weight excluding hydrogens is 342 g/mol. The Labute approximate surface area is 161 Å². The fourth-order valence-corrected chi connectivity index (χ4v) is 3.85. The van der Waals surface area contributed by atoms with E-state index >= 15 is 0 Å². The standard InChI is InChI=1S/C21H31N3O3/c25-20(22-10-11-24-12-14-27-15-13-24)18-6-8-19(9-7-18)21(26)23-16-17-4-2-1-3-5-17/h1-5,18-19H,6-16H2,(H,22,25)(H,23,26). The van der Waals surface area contributed by atoms with E-state index in [0.29, 0.717) is 13.1 Å². The number of carbonyl (C=O) groups is 2. The highest BCUT2D eigenvalue weighted by atomic mass is 16.5. The SMILES string of the molecule is O=C(NCCN1CCOCC1)C1CCC(C(=O)NCc2ccccc2)CC1. The minimum absolute atomic E-state index is 0.0334. The molecule has 27 heavy (non-hydrogen) atoms. The third-order valence-electron chi connectivity index (χ3n) is 5.61. The maximum absolute atomic E-state index is 12.4. The molecule has 6 nitrogen and oxygen atoms in total. The quantitative estimate of drug-likeness (QED) is 0.761. The van der Waals surface area contributed by atoms with Gasteiger partial charge in [-0.1, -0.05) is 30.3 Å². The molecule has 2 aliphatic rings. The molecule has 1 aliphatic carbocycles. The lowest BCUT2D eigenvalue weighted by Crippen LogP contribution is -2.43. The van der Waals surface area contributed by atoms with Crippen molar-refractivity contribution >= 4 is 11.8 Å². The van der Waals surface area contributed by atoms with E-state index in [9.17, 15) is 9.59 Å². The zero-order chi connectivity index (χ0) is 18.9. The molecule has 0 atom stereocenters. The second kappa shape index (κ2) is 10.4. The second-order valence-electron chi connectivity index (χ2n) is 7.50. The summed E-state index contributed by atoms with van der Waals surface area (Å²) >= 11 is 0. The molecule has 2 amide bonds. The van der Waals surface area contributed by atoms with Crippen LogP contribution in [0.4, 0.5) is 0 Å². The predicted molar refractivity (Wildman–Crippen MR) is 104 cm³/mol. The Balaban J connectivity index is 1.31. The normalized spacial score (nSPS) is 23.6. The molecular formula is C21H31N3O3. The van der Waals surface area contributed by atoms with Gasteiger partial charge in [0.05, 0.1) is 13.2 Å². The third-order valence-corrected chi connectivity index (χ3v) is 5.61. The molecule has 0 spiro atoms. The Morgan fingerprint density at radius 3 is 2.15 bits per heavy atom. The number of carbonyl (C=O) groups excluding carboxylic acids is 2. The van der Waals surface area contributed by atoms with Gasteiger partial charge in [-0.05, 0) is 31.2 Å². The lowest BCUT2D eigenvalue weighted by molar-refractivity contribution is -0.130. The number of amides is 2. The van der Waals surface area contributed by atoms with Gasteiger partial charge in [0.15, 0.2) is 0 Å². The fraction of sp³-hybridized carbons (Fsp3) is 0.619. The van der Waals surface area contributed by atoms with Gasteiger partial charge in [0, 0.05) is 44.6 Å². The minimum atomic E-state index is 0.0334. The maximum Gasteiger partial charge on any atom is 0.223 e. The molecule has 6 heteroatoms. The Morgan fingerprint density at radius 1 is 0.926 bits per heavy atom. The number of rotatable bonds is 7. The van der Waals surface area contributed by atoms with E-state index in [1.54, 1.807) is 0 Å². The van der Waals surface area contributed by atoms with Crippen molar-refractivity contribution in [2.45, 2.75) is 32.2 Å². The Kier molecular flexibility index (Phi) is 7.66. The van der Waals surface area contributed by atoms with Gasteiger partial charge in [-0.15, -0.1) is 0 Å². The highest BCUT2D eigenvalue weighted by Crippen LogP contribution is 2.29. The van der Waals surface area contributed by atoms with Crippen molar-refractivity contribution in [3.05, 3.63) is 35.9 Å². The molecule has 1 aliphatic heterocycles. The van der Waals surface area contributed by atoms with E-state index in [2.05, 4.69) is 15.5 Å². The van der Waals surface area contributed by atoms with E-state index < -0.39 is 0 Å². The van der Waals surface area contributed by atoms with Gasteiger partial charge >= 0.3 is 0 Å². The molecule has 1 heterocycles. The molecule has 0 unspecified atom stereocenters. The van der Waals surface area contributed by atoms with Gasteiger partial charge in [-0.2, -0.15) is 0 Å². The summed E-state index contributed by atoms with van der Waals surface area (Å²) in [6.45, 7) is 5.59. The summed E-state index contributed by atoms with van der Waals surface area (Å²) in [5, 5.41) is 6.10. The third kappa shape index (κ3) is 6.33. The summed E-state index contributed by atoms with van der Waals surface area (Å²) in [4.78, 5) is 27.1. The number of ether oxygens (including phenoxy) is 1. The summed E-state index contributed by atoms with van der Waals surface area (Å²) in [7, 11) is 0. The largest absolute Gasteiger partial charge is 0.379 e. The van der Waals surface area contributed by atoms with Crippen molar-refractivity contribution in [2.24, 2.45) is 11.8 Å². The summed E-state index contributed by atoms with van der Waals surface area (Å²) in [5.41, 5.74) is 1.11. The van der Waals surface area contributed by atoms with Gasteiger partial charge < -0.3 is 15.4 Å². The molecule has 0 aromatic heterocycles. The van der Waals surface area contributed by atoms with E-state index in [4.69, 9.17) is 4.74 Å². The average Bonchev–Trinajstić information content (AvgIpc) is 2.73.